The molecule has 0 bridgehead atoms. The largest absolute Gasteiger partial charge is 0.269 e. The van der Waals surface area contributed by atoms with Crippen LogP contribution in [0, 0.1) is 10.1 Å². The van der Waals surface area contributed by atoms with E-state index in [9.17, 15) is 10.1 Å². The van der Waals surface area contributed by atoms with Gasteiger partial charge in [0, 0.05) is 17.7 Å². The van der Waals surface area contributed by atoms with Crippen LogP contribution < -0.4 is 0 Å². The zero-order valence-corrected chi connectivity index (χ0v) is 12.1. The number of rotatable bonds is 4. The average Bonchev–Trinajstić information content (AvgIpc) is 3.00. The molecule has 0 aliphatic heterocycles. The Balaban J connectivity index is 2.03. The summed E-state index contributed by atoms with van der Waals surface area (Å²) in [7, 11) is 0. The molecule has 0 aliphatic carbocycles. The van der Waals surface area contributed by atoms with Crippen molar-refractivity contribution in [2.24, 2.45) is 0 Å². The van der Waals surface area contributed by atoms with Crippen molar-refractivity contribution in [3.05, 3.63) is 70.5 Å². The van der Waals surface area contributed by atoms with E-state index in [1.54, 1.807) is 16.8 Å². The fourth-order valence-electron chi connectivity index (χ4n) is 2.06. The van der Waals surface area contributed by atoms with E-state index in [4.69, 9.17) is 11.6 Å². The van der Waals surface area contributed by atoms with Crippen LogP contribution in [0.4, 0.5) is 5.69 Å². The third-order valence-corrected chi connectivity index (χ3v) is 3.37. The summed E-state index contributed by atoms with van der Waals surface area (Å²) in [6.45, 7) is 0. The van der Waals surface area contributed by atoms with E-state index in [-0.39, 0.29) is 11.6 Å². The molecular weight excluding hydrogens is 304 g/mol. The molecule has 0 amide bonds. The van der Waals surface area contributed by atoms with Gasteiger partial charge in [-0.3, -0.25) is 10.1 Å². The fourth-order valence-corrected chi connectivity index (χ4v) is 2.24. The Morgan fingerprint density at radius 2 is 1.77 bits per heavy atom. The Hall–Kier alpha value is -2.73. The Morgan fingerprint density at radius 1 is 1.09 bits per heavy atom. The minimum atomic E-state index is -0.441. The lowest BCUT2D eigenvalue weighted by molar-refractivity contribution is -0.384. The molecule has 0 aliphatic rings. The summed E-state index contributed by atoms with van der Waals surface area (Å²) in [5.41, 5.74) is 1.59. The van der Waals surface area contributed by atoms with Crippen molar-refractivity contribution in [3.8, 4) is 17.1 Å². The van der Waals surface area contributed by atoms with Crippen molar-refractivity contribution >= 4 is 17.3 Å². The van der Waals surface area contributed by atoms with Gasteiger partial charge in [-0.25, -0.2) is 9.67 Å². The van der Waals surface area contributed by atoms with Crippen LogP contribution in [0.3, 0.4) is 0 Å². The van der Waals surface area contributed by atoms with Gasteiger partial charge in [-0.2, -0.15) is 0 Å². The third-order valence-electron chi connectivity index (χ3n) is 3.13. The average molecular weight is 315 g/mol. The number of benzene rings is 2. The molecule has 0 radical (unpaired) electrons. The van der Waals surface area contributed by atoms with Crippen molar-refractivity contribution in [1.29, 1.82) is 0 Å². The molecule has 0 saturated carbocycles. The molecule has 7 heteroatoms. The van der Waals surface area contributed by atoms with E-state index in [2.05, 4.69) is 10.1 Å². The van der Waals surface area contributed by atoms with Gasteiger partial charge < -0.3 is 0 Å². The molecule has 1 aromatic heterocycles. The lowest BCUT2D eigenvalue weighted by Gasteiger charge is -2.02. The van der Waals surface area contributed by atoms with Crippen LogP contribution >= 0.6 is 11.6 Å². The minimum absolute atomic E-state index is 0.0274. The van der Waals surface area contributed by atoms with Crippen molar-refractivity contribution in [1.82, 2.24) is 14.8 Å². The Bertz CT molecular complexity index is 800. The van der Waals surface area contributed by atoms with Crippen LogP contribution in [0.15, 0.2) is 54.6 Å². The normalized spacial score (nSPS) is 10.6. The molecule has 6 nitrogen and oxygen atoms in total. The topological polar surface area (TPSA) is 73.8 Å². The van der Waals surface area contributed by atoms with Crippen molar-refractivity contribution in [2.45, 2.75) is 5.88 Å². The van der Waals surface area contributed by atoms with Gasteiger partial charge in [0.2, 0.25) is 0 Å². The maximum atomic E-state index is 10.7. The van der Waals surface area contributed by atoms with Gasteiger partial charge in [0.05, 0.1) is 16.5 Å². The summed E-state index contributed by atoms with van der Waals surface area (Å²) in [4.78, 5) is 14.7. The molecule has 0 unspecified atom stereocenters. The predicted octanol–water partition coefficient (Wildman–Crippen LogP) is 3.58. The second-order valence-electron chi connectivity index (χ2n) is 4.54. The van der Waals surface area contributed by atoms with Gasteiger partial charge in [0.25, 0.3) is 5.69 Å². The van der Waals surface area contributed by atoms with Crippen LogP contribution in [0.25, 0.3) is 17.1 Å². The third kappa shape index (κ3) is 2.68. The highest BCUT2D eigenvalue weighted by molar-refractivity contribution is 6.16. The SMILES string of the molecule is O=[N+]([O-])c1ccc(-n2nc(-c3ccccc3)nc2CCl)cc1. The molecule has 3 aromatic rings. The smallest absolute Gasteiger partial charge is 0.258 e. The maximum absolute atomic E-state index is 10.7. The molecule has 0 atom stereocenters. The number of aromatic nitrogens is 3. The summed E-state index contributed by atoms with van der Waals surface area (Å²) in [6, 6.07) is 15.6. The number of halogens is 1. The number of hydrogen-bond acceptors (Lipinski definition) is 4. The summed E-state index contributed by atoms with van der Waals surface area (Å²) in [5.74, 6) is 1.33. The zero-order chi connectivity index (χ0) is 15.5. The zero-order valence-electron chi connectivity index (χ0n) is 11.4. The van der Waals surface area contributed by atoms with Gasteiger partial charge in [-0.1, -0.05) is 30.3 Å². The molecule has 1 heterocycles. The molecule has 2 aromatic carbocycles. The highest BCUT2D eigenvalue weighted by Crippen LogP contribution is 2.20. The van der Waals surface area contributed by atoms with Crippen molar-refractivity contribution in [2.75, 3.05) is 0 Å². The van der Waals surface area contributed by atoms with E-state index < -0.39 is 4.92 Å². The van der Waals surface area contributed by atoms with E-state index in [0.29, 0.717) is 17.3 Å². The van der Waals surface area contributed by atoms with Gasteiger partial charge >= 0.3 is 0 Å². The summed E-state index contributed by atoms with van der Waals surface area (Å²) >= 11 is 5.93. The molecule has 0 spiro atoms. The maximum Gasteiger partial charge on any atom is 0.269 e. The van der Waals surface area contributed by atoms with Gasteiger partial charge in [-0.05, 0) is 12.1 Å². The molecule has 110 valence electrons. The number of nitro groups is 1. The van der Waals surface area contributed by atoms with E-state index in [1.807, 2.05) is 30.3 Å². The van der Waals surface area contributed by atoms with Crippen LogP contribution in [0.1, 0.15) is 5.82 Å². The first-order valence-electron chi connectivity index (χ1n) is 6.51. The van der Waals surface area contributed by atoms with E-state index >= 15 is 0 Å². The fraction of sp³-hybridized carbons (Fsp3) is 0.0667. The van der Waals surface area contributed by atoms with Crippen LogP contribution in [-0.2, 0) is 5.88 Å². The van der Waals surface area contributed by atoms with Gasteiger partial charge in [-0.15, -0.1) is 16.7 Å². The number of nitro benzene ring substituents is 1. The van der Waals surface area contributed by atoms with Crippen LogP contribution in [-0.4, -0.2) is 19.7 Å². The first kappa shape index (κ1) is 14.2. The number of alkyl halides is 1. The molecule has 0 saturated heterocycles. The van der Waals surface area contributed by atoms with Crippen molar-refractivity contribution < 1.29 is 4.92 Å². The highest BCUT2D eigenvalue weighted by Gasteiger charge is 2.13. The van der Waals surface area contributed by atoms with Crippen LogP contribution in [0.5, 0.6) is 0 Å². The predicted molar refractivity (Wildman–Crippen MR) is 83.0 cm³/mol. The Kier molecular flexibility index (Phi) is 3.84. The lowest BCUT2D eigenvalue weighted by Crippen LogP contribution is -2.01. The standard InChI is InChI=1S/C15H11ClN4O2/c16-10-14-17-15(11-4-2-1-3-5-11)18-19(14)12-6-8-13(9-7-12)20(21)22/h1-9H,10H2. The first-order chi connectivity index (χ1) is 10.7. The molecule has 0 N–H and O–H groups in total. The first-order valence-corrected chi connectivity index (χ1v) is 7.04. The number of hydrogen-bond donors (Lipinski definition) is 0. The summed E-state index contributed by atoms with van der Waals surface area (Å²) < 4.78 is 1.60. The summed E-state index contributed by atoms with van der Waals surface area (Å²) in [5, 5.41) is 15.2. The molecule has 0 fully saturated rings. The second-order valence-corrected chi connectivity index (χ2v) is 4.80. The Morgan fingerprint density at radius 3 is 2.36 bits per heavy atom. The minimum Gasteiger partial charge on any atom is -0.258 e. The quantitative estimate of drug-likeness (QED) is 0.419. The monoisotopic (exact) mass is 314 g/mol. The van der Waals surface area contributed by atoms with E-state index in [0.717, 1.165) is 5.56 Å². The van der Waals surface area contributed by atoms with E-state index in [1.165, 1.54) is 12.1 Å². The summed E-state index contributed by atoms with van der Waals surface area (Å²) in [6.07, 6.45) is 0. The van der Waals surface area contributed by atoms with Crippen LogP contribution in [0.2, 0.25) is 0 Å². The number of nitrogens with zero attached hydrogens (tertiary/aromatic N) is 4. The molecular formula is C15H11ClN4O2. The van der Waals surface area contributed by atoms with Crippen molar-refractivity contribution in [3.63, 3.8) is 0 Å². The molecule has 3 rings (SSSR count). The Labute approximate surface area is 131 Å². The number of non-ortho nitro benzene ring substituents is 1. The van der Waals surface area contributed by atoms with Gasteiger partial charge in [0.1, 0.15) is 5.82 Å². The second kappa shape index (κ2) is 5.95. The lowest BCUT2D eigenvalue weighted by atomic mass is 10.2. The molecule has 22 heavy (non-hydrogen) atoms. The van der Waals surface area contributed by atoms with Gasteiger partial charge in [0.15, 0.2) is 5.82 Å². The highest BCUT2D eigenvalue weighted by atomic mass is 35.5.